The summed E-state index contributed by atoms with van der Waals surface area (Å²) < 4.78 is 6.61. The van der Waals surface area contributed by atoms with E-state index in [2.05, 4.69) is 64.6 Å². The smallest absolute Gasteiger partial charge is 0.290 e. The molecule has 0 fully saturated rings. The van der Waals surface area contributed by atoms with Crippen LogP contribution in [-0.4, -0.2) is 40.6 Å². The van der Waals surface area contributed by atoms with Gasteiger partial charge in [-0.15, -0.1) is 0 Å². The van der Waals surface area contributed by atoms with Crippen molar-refractivity contribution in [3.8, 4) is 0 Å². The first kappa shape index (κ1) is 13.4. The fraction of sp³-hybridized carbons (Fsp3) is 0.467. The minimum Gasteiger partial charge on any atom is -0.496 e. The second-order valence-electron chi connectivity index (χ2n) is 6.47. The van der Waals surface area contributed by atoms with Crippen LogP contribution in [0.2, 0.25) is 13.1 Å². The van der Waals surface area contributed by atoms with Crippen LogP contribution >= 0.6 is 0 Å². The van der Waals surface area contributed by atoms with Gasteiger partial charge in [-0.3, -0.25) is 0 Å². The largest absolute Gasteiger partial charge is 0.496 e. The van der Waals surface area contributed by atoms with Crippen molar-refractivity contribution in [3.05, 3.63) is 41.5 Å². The molecule has 0 amide bonds. The molecule has 1 aromatic rings. The molecule has 1 atom stereocenters. The van der Waals surface area contributed by atoms with Crippen molar-refractivity contribution < 1.29 is 8.89 Å². The second kappa shape index (κ2) is 4.25. The fourth-order valence-electron chi connectivity index (χ4n) is 2.50. The first-order valence-electron chi connectivity index (χ1n) is 6.45. The number of hydrogen-bond donors (Lipinski definition) is 0. The first-order chi connectivity index (χ1) is 8.29. The third kappa shape index (κ3) is 1.91. The highest BCUT2D eigenvalue weighted by molar-refractivity contribution is 6.72. The molecule has 1 aromatic carbocycles. The first-order valence-corrected chi connectivity index (χ1v) is 9.48. The van der Waals surface area contributed by atoms with Crippen molar-refractivity contribution >= 4 is 14.0 Å². The van der Waals surface area contributed by atoms with E-state index < -0.39 is 8.24 Å². The molecule has 0 spiro atoms. The van der Waals surface area contributed by atoms with E-state index in [9.17, 15) is 0 Å². The van der Waals surface area contributed by atoms with Crippen LogP contribution in [0.15, 0.2) is 30.3 Å². The number of fused-ring (bicyclic) bond motifs is 1. The number of ether oxygens (including phenoxy) is 1. The van der Waals surface area contributed by atoms with E-state index in [0.29, 0.717) is 5.54 Å². The van der Waals surface area contributed by atoms with E-state index >= 15 is 0 Å². The molecule has 3 heteroatoms. The Morgan fingerprint density at radius 1 is 1.11 bits per heavy atom. The lowest BCUT2D eigenvalue weighted by Gasteiger charge is -2.42. The Bertz CT molecular complexity index is 486. The van der Waals surface area contributed by atoms with Gasteiger partial charge >= 0.3 is 0 Å². The molecule has 1 aliphatic carbocycles. The molecular formula is C15H24NOSi+. The van der Waals surface area contributed by atoms with Gasteiger partial charge in [0.15, 0.2) is 0 Å². The third-order valence-electron chi connectivity index (χ3n) is 4.59. The van der Waals surface area contributed by atoms with Crippen LogP contribution in [0.1, 0.15) is 16.7 Å². The number of benzene rings is 1. The maximum atomic E-state index is 5.55. The van der Waals surface area contributed by atoms with E-state index in [1.54, 1.807) is 7.11 Å². The predicted molar refractivity (Wildman–Crippen MR) is 79.7 cm³/mol. The van der Waals surface area contributed by atoms with Gasteiger partial charge in [-0.2, -0.15) is 0 Å². The lowest BCUT2D eigenvalue weighted by atomic mass is 10.1. The summed E-state index contributed by atoms with van der Waals surface area (Å²) in [6, 6.07) is 8.66. The van der Waals surface area contributed by atoms with Crippen molar-refractivity contribution in [2.24, 2.45) is 0 Å². The SMILES string of the molecule is COC1=CC([Si](C)(C)[N+](C)(C)C)c2ccccc21. The predicted octanol–water partition coefficient (Wildman–Crippen LogP) is 3.22. The van der Waals surface area contributed by atoms with Gasteiger partial charge in [0.05, 0.1) is 33.8 Å². The summed E-state index contributed by atoms with van der Waals surface area (Å²) in [7, 11) is 7.21. The number of rotatable bonds is 3. The zero-order chi connectivity index (χ0) is 13.6. The van der Waals surface area contributed by atoms with E-state index in [0.717, 1.165) is 9.91 Å². The molecular weight excluding hydrogens is 238 g/mol. The Kier molecular flexibility index (Phi) is 3.15. The van der Waals surface area contributed by atoms with Crippen LogP contribution in [0.4, 0.5) is 0 Å². The standard InChI is InChI=1S/C15H24NOSi/c1-16(2,3)18(5,6)15-11-14(17-4)12-9-7-8-10-13(12)15/h7-11,15H,1-6H3/q+1. The summed E-state index contributed by atoms with van der Waals surface area (Å²) in [5.74, 6) is 1.05. The maximum absolute atomic E-state index is 5.55. The highest BCUT2D eigenvalue weighted by atomic mass is 28.3. The molecule has 0 saturated carbocycles. The molecule has 2 nitrogen and oxygen atoms in total. The molecule has 2 rings (SSSR count). The Morgan fingerprint density at radius 3 is 2.28 bits per heavy atom. The summed E-state index contributed by atoms with van der Waals surface area (Å²) in [4.78, 5) is 0. The molecule has 1 unspecified atom stereocenters. The number of quaternary nitrogens is 1. The monoisotopic (exact) mass is 262 g/mol. The van der Waals surface area contributed by atoms with E-state index in [4.69, 9.17) is 4.74 Å². The van der Waals surface area contributed by atoms with Crippen molar-refractivity contribution in [3.63, 3.8) is 0 Å². The highest BCUT2D eigenvalue weighted by Crippen LogP contribution is 2.43. The van der Waals surface area contributed by atoms with Gasteiger partial charge in [0.25, 0.3) is 8.24 Å². The van der Waals surface area contributed by atoms with Gasteiger partial charge in [-0.1, -0.05) is 24.3 Å². The normalized spacial score (nSPS) is 19.4. The van der Waals surface area contributed by atoms with Gasteiger partial charge in [0.1, 0.15) is 5.76 Å². The number of methoxy groups -OCH3 is 1. The molecule has 0 saturated heterocycles. The molecule has 0 radical (unpaired) electrons. The zero-order valence-electron chi connectivity index (χ0n) is 12.3. The number of nitrogens with zero attached hydrogens (tertiary/aromatic N) is 1. The van der Waals surface area contributed by atoms with Gasteiger partial charge in [0.2, 0.25) is 0 Å². The Morgan fingerprint density at radius 2 is 1.72 bits per heavy atom. The fourth-order valence-corrected chi connectivity index (χ4v) is 4.91. The topological polar surface area (TPSA) is 9.23 Å². The third-order valence-corrected chi connectivity index (χ3v) is 10.0. The Balaban J connectivity index is 2.52. The lowest BCUT2D eigenvalue weighted by molar-refractivity contribution is -0.769. The van der Waals surface area contributed by atoms with Crippen molar-refractivity contribution in [2.75, 3.05) is 28.3 Å². The Labute approximate surface area is 112 Å². The molecule has 0 N–H and O–H groups in total. The summed E-state index contributed by atoms with van der Waals surface area (Å²) in [6.07, 6.45) is 2.33. The van der Waals surface area contributed by atoms with Gasteiger partial charge < -0.3 is 8.89 Å². The highest BCUT2D eigenvalue weighted by Gasteiger charge is 2.48. The van der Waals surface area contributed by atoms with Crippen molar-refractivity contribution in [1.82, 2.24) is 0 Å². The molecule has 98 valence electrons. The summed E-state index contributed by atoms with van der Waals surface area (Å²) in [5, 5.41) is 0. The van der Waals surface area contributed by atoms with Crippen LogP contribution in [0, 0.1) is 0 Å². The van der Waals surface area contributed by atoms with Crippen LogP contribution in [0.3, 0.4) is 0 Å². The molecule has 1 aliphatic rings. The minimum atomic E-state index is -1.50. The van der Waals surface area contributed by atoms with Crippen molar-refractivity contribution in [1.29, 1.82) is 0 Å². The maximum Gasteiger partial charge on any atom is 0.290 e. The Hall–Kier alpha value is -1.06. The minimum absolute atomic E-state index is 0.531. The molecule has 0 aliphatic heterocycles. The molecule has 0 heterocycles. The van der Waals surface area contributed by atoms with Gasteiger partial charge in [-0.05, 0) is 24.7 Å². The van der Waals surface area contributed by atoms with Crippen LogP contribution < -0.4 is 0 Å². The van der Waals surface area contributed by atoms with Gasteiger partial charge in [-0.25, -0.2) is 0 Å². The molecule has 0 aromatic heterocycles. The van der Waals surface area contributed by atoms with E-state index in [-0.39, 0.29) is 0 Å². The summed E-state index contributed by atoms with van der Waals surface area (Å²) >= 11 is 0. The zero-order valence-corrected chi connectivity index (χ0v) is 13.3. The van der Waals surface area contributed by atoms with Crippen LogP contribution in [-0.2, 0) is 4.74 Å². The number of hydrogen-bond acceptors (Lipinski definition) is 1. The lowest BCUT2D eigenvalue weighted by Crippen LogP contribution is -2.60. The van der Waals surface area contributed by atoms with Crippen molar-refractivity contribution in [2.45, 2.75) is 18.6 Å². The van der Waals surface area contributed by atoms with Crippen LogP contribution in [0.25, 0.3) is 5.76 Å². The average molecular weight is 262 g/mol. The molecule has 18 heavy (non-hydrogen) atoms. The average Bonchev–Trinajstić information content (AvgIpc) is 2.66. The van der Waals surface area contributed by atoms with Gasteiger partial charge in [0, 0.05) is 5.56 Å². The quantitative estimate of drug-likeness (QED) is 0.760. The summed E-state index contributed by atoms with van der Waals surface area (Å²) in [6.45, 7) is 4.92. The summed E-state index contributed by atoms with van der Waals surface area (Å²) in [5.41, 5.74) is 3.25. The second-order valence-corrected chi connectivity index (χ2v) is 11.7. The molecule has 0 bridgehead atoms. The van der Waals surface area contributed by atoms with E-state index in [1.165, 1.54) is 11.1 Å². The van der Waals surface area contributed by atoms with Crippen LogP contribution in [0.5, 0.6) is 0 Å². The van der Waals surface area contributed by atoms with E-state index in [1.807, 2.05) is 0 Å². The number of allylic oxidation sites excluding steroid dienone is 1.